The van der Waals surface area contributed by atoms with Crippen LogP contribution in [-0.2, 0) is 13.2 Å². The van der Waals surface area contributed by atoms with Gasteiger partial charge in [0.2, 0.25) is 0 Å². The summed E-state index contributed by atoms with van der Waals surface area (Å²) in [4.78, 5) is 11.2. The highest BCUT2D eigenvalue weighted by atomic mass is 35.5. The zero-order valence-electron chi connectivity index (χ0n) is 15.3. The van der Waals surface area contributed by atoms with Gasteiger partial charge in [0.15, 0.2) is 0 Å². The van der Waals surface area contributed by atoms with Crippen molar-refractivity contribution in [1.82, 2.24) is 0 Å². The van der Waals surface area contributed by atoms with Gasteiger partial charge in [-0.15, -0.1) is 0 Å². The van der Waals surface area contributed by atoms with E-state index in [0.717, 1.165) is 16.9 Å². The molecule has 6 heteroatoms. The second kappa shape index (κ2) is 9.15. The molecule has 0 aliphatic rings. The van der Waals surface area contributed by atoms with Gasteiger partial charge in [0.05, 0.1) is 18.4 Å². The summed E-state index contributed by atoms with van der Waals surface area (Å²) in [7, 11) is 1.55. The molecule has 0 fully saturated rings. The molecule has 0 amide bonds. The molecule has 0 atom stereocenters. The summed E-state index contributed by atoms with van der Waals surface area (Å²) in [6.07, 6.45) is 0. The average Bonchev–Trinajstić information content (AvgIpc) is 2.72. The van der Waals surface area contributed by atoms with Crippen molar-refractivity contribution in [2.75, 3.05) is 12.4 Å². The van der Waals surface area contributed by atoms with E-state index in [9.17, 15) is 9.90 Å². The molecule has 0 aromatic heterocycles. The number of aromatic carboxylic acids is 1. The van der Waals surface area contributed by atoms with E-state index in [2.05, 4.69) is 5.32 Å². The van der Waals surface area contributed by atoms with Crippen LogP contribution in [0.4, 0.5) is 5.69 Å². The Morgan fingerprint density at radius 3 is 2.50 bits per heavy atom. The van der Waals surface area contributed by atoms with Crippen molar-refractivity contribution in [3.05, 3.63) is 88.4 Å². The molecule has 0 heterocycles. The van der Waals surface area contributed by atoms with E-state index < -0.39 is 5.97 Å². The highest BCUT2D eigenvalue weighted by Gasteiger charge is 2.10. The SMILES string of the molecule is COc1ccc(C(=O)O)cc1NCc1ccccc1OCc1ccc(Cl)cc1. The van der Waals surface area contributed by atoms with Gasteiger partial charge in [0.1, 0.15) is 18.1 Å². The summed E-state index contributed by atoms with van der Waals surface area (Å²) in [5.41, 5.74) is 2.76. The molecule has 0 spiro atoms. The molecule has 3 aromatic carbocycles. The summed E-state index contributed by atoms with van der Waals surface area (Å²) >= 11 is 5.91. The Bertz CT molecular complexity index is 957. The predicted molar refractivity (Wildman–Crippen MR) is 110 cm³/mol. The first kappa shape index (κ1) is 19.6. The second-order valence-corrected chi connectivity index (χ2v) is 6.53. The van der Waals surface area contributed by atoms with Crippen LogP contribution in [0.1, 0.15) is 21.5 Å². The molecule has 28 heavy (non-hydrogen) atoms. The molecule has 0 bridgehead atoms. The van der Waals surface area contributed by atoms with Crippen LogP contribution in [0.2, 0.25) is 5.02 Å². The largest absolute Gasteiger partial charge is 0.495 e. The number of hydrogen-bond donors (Lipinski definition) is 2. The van der Waals surface area contributed by atoms with Gasteiger partial charge < -0.3 is 19.9 Å². The third-order valence-electron chi connectivity index (χ3n) is 4.20. The highest BCUT2D eigenvalue weighted by Crippen LogP contribution is 2.28. The van der Waals surface area contributed by atoms with Gasteiger partial charge in [-0.25, -0.2) is 4.79 Å². The zero-order chi connectivity index (χ0) is 19.9. The lowest BCUT2D eigenvalue weighted by molar-refractivity contribution is 0.0697. The van der Waals surface area contributed by atoms with E-state index in [1.807, 2.05) is 48.5 Å². The molecule has 2 N–H and O–H groups in total. The van der Waals surface area contributed by atoms with E-state index >= 15 is 0 Å². The van der Waals surface area contributed by atoms with Crippen LogP contribution in [0.15, 0.2) is 66.7 Å². The molecule has 0 unspecified atom stereocenters. The van der Waals surface area contributed by atoms with Crippen LogP contribution in [0.25, 0.3) is 0 Å². The van der Waals surface area contributed by atoms with Crippen molar-refractivity contribution in [3.8, 4) is 11.5 Å². The van der Waals surface area contributed by atoms with E-state index in [0.29, 0.717) is 29.6 Å². The lowest BCUT2D eigenvalue weighted by Gasteiger charge is -2.15. The summed E-state index contributed by atoms with van der Waals surface area (Å²) in [5.74, 6) is 0.334. The minimum atomic E-state index is -0.989. The Morgan fingerprint density at radius 2 is 1.79 bits per heavy atom. The molecule has 0 saturated heterocycles. The molecule has 5 nitrogen and oxygen atoms in total. The first-order valence-corrected chi connectivity index (χ1v) is 9.05. The monoisotopic (exact) mass is 397 g/mol. The number of halogens is 1. The molecular formula is C22H20ClNO4. The lowest BCUT2D eigenvalue weighted by atomic mass is 10.1. The quantitative estimate of drug-likeness (QED) is 0.544. The smallest absolute Gasteiger partial charge is 0.335 e. The van der Waals surface area contributed by atoms with E-state index in [4.69, 9.17) is 21.1 Å². The first-order valence-electron chi connectivity index (χ1n) is 8.67. The third-order valence-corrected chi connectivity index (χ3v) is 4.45. The first-order chi connectivity index (χ1) is 13.6. The fourth-order valence-corrected chi connectivity index (χ4v) is 2.83. The molecule has 0 aliphatic carbocycles. The van der Waals surface area contributed by atoms with Crippen LogP contribution in [-0.4, -0.2) is 18.2 Å². The number of carboxylic acid groups (broad SMARTS) is 1. The maximum atomic E-state index is 11.2. The van der Waals surface area contributed by atoms with Gasteiger partial charge in [-0.3, -0.25) is 0 Å². The van der Waals surface area contributed by atoms with Gasteiger partial charge in [0.25, 0.3) is 0 Å². The minimum Gasteiger partial charge on any atom is -0.495 e. The van der Waals surface area contributed by atoms with Gasteiger partial charge in [0, 0.05) is 17.1 Å². The van der Waals surface area contributed by atoms with Crippen LogP contribution in [0.5, 0.6) is 11.5 Å². The number of ether oxygens (including phenoxy) is 2. The van der Waals surface area contributed by atoms with Crippen molar-refractivity contribution >= 4 is 23.3 Å². The van der Waals surface area contributed by atoms with Crippen molar-refractivity contribution in [2.24, 2.45) is 0 Å². The van der Waals surface area contributed by atoms with E-state index in [1.54, 1.807) is 19.2 Å². The van der Waals surface area contributed by atoms with Gasteiger partial charge in [-0.1, -0.05) is 41.9 Å². The fourth-order valence-electron chi connectivity index (χ4n) is 2.70. The Morgan fingerprint density at radius 1 is 1.04 bits per heavy atom. The lowest BCUT2D eigenvalue weighted by Crippen LogP contribution is -2.06. The number of rotatable bonds is 8. The number of anilines is 1. The van der Waals surface area contributed by atoms with Crippen molar-refractivity contribution < 1.29 is 19.4 Å². The van der Waals surface area contributed by atoms with Gasteiger partial charge in [-0.05, 0) is 42.0 Å². The summed E-state index contributed by atoms with van der Waals surface area (Å²) in [6, 6.07) is 19.9. The molecule has 144 valence electrons. The molecular weight excluding hydrogens is 378 g/mol. The van der Waals surface area contributed by atoms with E-state index in [-0.39, 0.29) is 5.56 Å². The Labute approximate surface area is 168 Å². The summed E-state index contributed by atoms with van der Waals surface area (Å²) in [5, 5.41) is 13.1. The third kappa shape index (κ3) is 4.96. The van der Waals surface area contributed by atoms with Crippen LogP contribution < -0.4 is 14.8 Å². The number of carbonyl (C=O) groups is 1. The number of nitrogens with one attached hydrogen (secondary N) is 1. The van der Waals surface area contributed by atoms with Crippen LogP contribution in [0.3, 0.4) is 0 Å². The number of para-hydroxylation sites is 1. The Kier molecular flexibility index (Phi) is 6.40. The Balaban J connectivity index is 1.72. The van der Waals surface area contributed by atoms with Crippen LogP contribution >= 0.6 is 11.6 Å². The van der Waals surface area contributed by atoms with Crippen molar-refractivity contribution in [3.63, 3.8) is 0 Å². The molecule has 0 radical (unpaired) electrons. The van der Waals surface area contributed by atoms with Gasteiger partial charge in [-0.2, -0.15) is 0 Å². The second-order valence-electron chi connectivity index (χ2n) is 6.10. The maximum absolute atomic E-state index is 11.2. The maximum Gasteiger partial charge on any atom is 0.335 e. The topological polar surface area (TPSA) is 67.8 Å². The minimum absolute atomic E-state index is 0.190. The average molecular weight is 398 g/mol. The number of methoxy groups -OCH3 is 1. The van der Waals surface area contributed by atoms with Crippen molar-refractivity contribution in [1.29, 1.82) is 0 Å². The predicted octanol–water partition coefficient (Wildman–Crippen LogP) is 5.24. The normalized spacial score (nSPS) is 10.4. The summed E-state index contributed by atoms with van der Waals surface area (Å²) in [6.45, 7) is 0.877. The van der Waals surface area contributed by atoms with Crippen molar-refractivity contribution in [2.45, 2.75) is 13.2 Å². The highest BCUT2D eigenvalue weighted by molar-refractivity contribution is 6.30. The Hall–Kier alpha value is -3.18. The molecule has 3 aromatic rings. The number of hydrogen-bond acceptors (Lipinski definition) is 4. The summed E-state index contributed by atoms with van der Waals surface area (Å²) < 4.78 is 11.3. The zero-order valence-corrected chi connectivity index (χ0v) is 16.1. The standard InChI is InChI=1S/C22H20ClNO4/c1-27-21-11-8-16(22(25)26)12-19(21)24-13-17-4-2-3-5-20(17)28-14-15-6-9-18(23)10-7-15/h2-12,24H,13-14H2,1H3,(H,25,26). The van der Waals surface area contributed by atoms with Gasteiger partial charge >= 0.3 is 5.97 Å². The molecule has 0 aliphatic heterocycles. The fraction of sp³-hybridized carbons (Fsp3) is 0.136. The van der Waals surface area contributed by atoms with E-state index in [1.165, 1.54) is 6.07 Å². The molecule has 3 rings (SSSR count). The number of carboxylic acids is 1. The number of benzene rings is 3. The van der Waals surface area contributed by atoms with Crippen LogP contribution in [0, 0.1) is 0 Å². The molecule has 0 saturated carbocycles.